The highest BCUT2D eigenvalue weighted by Gasteiger charge is 2.41. The van der Waals surface area contributed by atoms with Gasteiger partial charge >= 0.3 is 0 Å². The Labute approximate surface area is 120 Å². The molecule has 0 radical (unpaired) electrons. The third-order valence-electron chi connectivity index (χ3n) is 4.19. The molecule has 0 saturated carbocycles. The maximum atomic E-state index is 13.1. The highest BCUT2D eigenvalue weighted by atomic mass is 19.1. The first-order valence-corrected chi connectivity index (χ1v) is 7.29. The summed E-state index contributed by atoms with van der Waals surface area (Å²) in [5.41, 5.74) is 0.934. The first kappa shape index (κ1) is 15.0. The van der Waals surface area contributed by atoms with E-state index in [0.717, 1.165) is 12.0 Å². The number of benzene rings is 1. The normalized spacial score (nSPS) is 24.5. The summed E-state index contributed by atoms with van der Waals surface area (Å²) in [6, 6.07) is 6.38. The molecular formula is C16H23FN2O. The van der Waals surface area contributed by atoms with Crippen molar-refractivity contribution in [3.8, 4) is 0 Å². The van der Waals surface area contributed by atoms with Gasteiger partial charge in [0, 0.05) is 6.04 Å². The second-order valence-electron chi connectivity index (χ2n) is 5.81. The number of carbonyl (C=O) groups is 1. The molecule has 0 aliphatic carbocycles. The van der Waals surface area contributed by atoms with Crippen LogP contribution in [-0.4, -0.2) is 22.9 Å². The summed E-state index contributed by atoms with van der Waals surface area (Å²) in [6.07, 6.45) is 0.600. The van der Waals surface area contributed by atoms with Gasteiger partial charge < -0.3 is 4.90 Å². The van der Waals surface area contributed by atoms with E-state index in [1.165, 1.54) is 12.1 Å². The molecule has 0 spiro atoms. The van der Waals surface area contributed by atoms with E-state index in [1.807, 2.05) is 11.8 Å². The van der Waals surface area contributed by atoms with E-state index in [9.17, 15) is 9.18 Å². The largest absolute Gasteiger partial charge is 0.319 e. The van der Waals surface area contributed by atoms with Crippen LogP contribution in [0.25, 0.3) is 0 Å². The number of carbonyl (C=O) groups excluding carboxylic acids is 1. The standard InChI is InChI=1S/C16H23FN2O/c1-5-14-16(20)19(11(4)10(2)3)15(18-14)12-6-8-13(17)9-7-12/h6-11,14-15,18H,5H2,1-4H3. The highest BCUT2D eigenvalue weighted by Crippen LogP contribution is 2.30. The molecule has 1 aromatic rings. The Morgan fingerprint density at radius 3 is 2.35 bits per heavy atom. The molecule has 1 aliphatic rings. The summed E-state index contributed by atoms with van der Waals surface area (Å²) >= 11 is 0. The zero-order valence-electron chi connectivity index (χ0n) is 12.6. The molecule has 1 N–H and O–H groups in total. The molecule has 110 valence electrons. The molecule has 1 aromatic carbocycles. The SMILES string of the molecule is CCC1NC(c2ccc(F)cc2)N(C(C)C(C)C)C1=O. The molecule has 0 bridgehead atoms. The van der Waals surface area contributed by atoms with Gasteiger partial charge in [0.05, 0.1) is 6.04 Å². The monoisotopic (exact) mass is 278 g/mol. The second kappa shape index (κ2) is 5.92. The smallest absolute Gasteiger partial charge is 0.241 e. The van der Waals surface area contributed by atoms with Crippen molar-refractivity contribution in [3.05, 3.63) is 35.6 Å². The van der Waals surface area contributed by atoms with Gasteiger partial charge in [-0.2, -0.15) is 0 Å². The minimum absolute atomic E-state index is 0.140. The van der Waals surface area contributed by atoms with Gasteiger partial charge in [0.2, 0.25) is 5.91 Å². The molecule has 2 rings (SSSR count). The second-order valence-corrected chi connectivity index (χ2v) is 5.81. The van der Waals surface area contributed by atoms with Gasteiger partial charge in [-0.15, -0.1) is 0 Å². The number of hydrogen-bond donors (Lipinski definition) is 1. The lowest BCUT2D eigenvalue weighted by Gasteiger charge is -2.33. The summed E-state index contributed by atoms with van der Waals surface area (Å²) in [7, 11) is 0. The fraction of sp³-hybridized carbons (Fsp3) is 0.562. The molecular weight excluding hydrogens is 255 g/mol. The summed E-state index contributed by atoms with van der Waals surface area (Å²) < 4.78 is 13.1. The average Bonchev–Trinajstić information content (AvgIpc) is 2.75. The van der Waals surface area contributed by atoms with E-state index in [0.29, 0.717) is 5.92 Å². The predicted octanol–water partition coefficient (Wildman–Crippen LogP) is 3.08. The maximum absolute atomic E-state index is 13.1. The van der Waals surface area contributed by atoms with Crippen molar-refractivity contribution < 1.29 is 9.18 Å². The lowest BCUT2D eigenvalue weighted by atomic mass is 10.0. The van der Waals surface area contributed by atoms with Gasteiger partial charge in [0.25, 0.3) is 0 Å². The lowest BCUT2D eigenvalue weighted by Crippen LogP contribution is -2.41. The van der Waals surface area contributed by atoms with Gasteiger partial charge in [-0.3, -0.25) is 10.1 Å². The third-order valence-corrected chi connectivity index (χ3v) is 4.19. The van der Waals surface area contributed by atoms with Crippen LogP contribution in [0.3, 0.4) is 0 Å². The number of hydrogen-bond acceptors (Lipinski definition) is 2. The van der Waals surface area contributed by atoms with Crippen molar-refractivity contribution in [2.75, 3.05) is 0 Å². The van der Waals surface area contributed by atoms with E-state index in [2.05, 4.69) is 26.1 Å². The molecule has 3 nitrogen and oxygen atoms in total. The highest BCUT2D eigenvalue weighted by molar-refractivity contribution is 5.84. The Balaban J connectivity index is 2.33. The third kappa shape index (κ3) is 2.70. The van der Waals surface area contributed by atoms with Crippen LogP contribution in [0.1, 0.15) is 45.8 Å². The van der Waals surface area contributed by atoms with Gasteiger partial charge in [0.1, 0.15) is 12.0 Å². The molecule has 1 saturated heterocycles. The Morgan fingerprint density at radius 2 is 1.85 bits per heavy atom. The fourth-order valence-corrected chi connectivity index (χ4v) is 2.60. The topological polar surface area (TPSA) is 32.3 Å². The Bertz CT molecular complexity index is 472. The van der Waals surface area contributed by atoms with Crippen LogP contribution in [0.5, 0.6) is 0 Å². The van der Waals surface area contributed by atoms with Crippen molar-refractivity contribution in [1.29, 1.82) is 0 Å². The molecule has 4 heteroatoms. The Hall–Kier alpha value is -1.42. The van der Waals surface area contributed by atoms with Crippen molar-refractivity contribution >= 4 is 5.91 Å². The minimum Gasteiger partial charge on any atom is -0.319 e. The quantitative estimate of drug-likeness (QED) is 0.918. The molecule has 1 fully saturated rings. The summed E-state index contributed by atoms with van der Waals surface area (Å²) in [5.74, 6) is 0.260. The van der Waals surface area contributed by atoms with Crippen molar-refractivity contribution in [1.82, 2.24) is 10.2 Å². The van der Waals surface area contributed by atoms with E-state index in [4.69, 9.17) is 0 Å². The van der Waals surface area contributed by atoms with E-state index >= 15 is 0 Å². The van der Waals surface area contributed by atoms with Crippen molar-refractivity contribution in [2.45, 2.75) is 52.4 Å². The minimum atomic E-state index is -0.256. The number of rotatable bonds is 4. The first-order chi connectivity index (χ1) is 9.45. The van der Waals surface area contributed by atoms with Crippen LogP contribution in [0, 0.1) is 11.7 Å². The van der Waals surface area contributed by atoms with Gasteiger partial charge in [-0.05, 0) is 37.0 Å². The van der Waals surface area contributed by atoms with Crippen LogP contribution < -0.4 is 5.32 Å². The average molecular weight is 278 g/mol. The van der Waals surface area contributed by atoms with Crippen LogP contribution in [0.4, 0.5) is 4.39 Å². The van der Waals surface area contributed by atoms with Crippen LogP contribution in [-0.2, 0) is 4.79 Å². The van der Waals surface area contributed by atoms with Gasteiger partial charge in [-0.1, -0.05) is 32.9 Å². The van der Waals surface area contributed by atoms with E-state index in [-0.39, 0.29) is 30.0 Å². The van der Waals surface area contributed by atoms with Crippen LogP contribution in [0.2, 0.25) is 0 Å². The number of halogens is 1. The lowest BCUT2D eigenvalue weighted by molar-refractivity contribution is -0.133. The first-order valence-electron chi connectivity index (χ1n) is 7.29. The fourth-order valence-electron chi connectivity index (χ4n) is 2.60. The summed E-state index contributed by atoms with van der Waals surface area (Å²) in [6.45, 7) is 8.29. The van der Waals surface area contributed by atoms with Crippen LogP contribution >= 0.6 is 0 Å². The molecule has 3 atom stereocenters. The molecule has 1 aliphatic heterocycles. The zero-order chi connectivity index (χ0) is 14.9. The van der Waals surface area contributed by atoms with Crippen molar-refractivity contribution in [2.24, 2.45) is 5.92 Å². The number of amides is 1. The number of nitrogens with zero attached hydrogens (tertiary/aromatic N) is 1. The Kier molecular flexibility index (Phi) is 4.43. The van der Waals surface area contributed by atoms with Gasteiger partial charge in [0.15, 0.2) is 0 Å². The molecule has 1 amide bonds. The summed E-state index contributed by atoms with van der Waals surface area (Å²) in [4.78, 5) is 14.4. The molecule has 20 heavy (non-hydrogen) atoms. The van der Waals surface area contributed by atoms with E-state index in [1.54, 1.807) is 12.1 Å². The number of nitrogens with one attached hydrogen (secondary N) is 1. The van der Waals surface area contributed by atoms with Crippen molar-refractivity contribution in [3.63, 3.8) is 0 Å². The van der Waals surface area contributed by atoms with Gasteiger partial charge in [-0.25, -0.2) is 4.39 Å². The molecule has 0 aromatic heterocycles. The molecule has 1 heterocycles. The van der Waals surface area contributed by atoms with Crippen LogP contribution in [0.15, 0.2) is 24.3 Å². The van der Waals surface area contributed by atoms with E-state index < -0.39 is 0 Å². The predicted molar refractivity (Wildman–Crippen MR) is 77.5 cm³/mol. The zero-order valence-corrected chi connectivity index (χ0v) is 12.6. The molecule has 3 unspecified atom stereocenters. The summed E-state index contributed by atoms with van der Waals surface area (Å²) in [5, 5.41) is 3.37. The Morgan fingerprint density at radius 1 is 1.25 bits per heavy atom. The maximum Gasteiger partial charge on any atom is 0.241 e.